The predicted octanol–water partition coefficient (Wildman–Crippen LogP) is 2.27. The summed E-state index contributed by atoms with van der Waals surface area (Å²) in [5.74, 6) is 0. The first-order valence-electron chi connectivity index (χ1n) is 7.86. The summed E-state index contributed by atoms with van der Waals surface area (Å²) < 4.78 is 0. The van der Waals surface area contributed by atoms with Gasteiger partial charge in [-0.3, -0.25) is 0 Å². The lowest BCUT2D eigenvalue weighted by atomic mass is 9.98. The van der Waals surface area contributed by atoms with Gasteiger partial charge in [0, 0.05) is 44.2 Å². The van der Waals surface area contributed by atoms with E-state index in [2.05, 4.69) is 60.1 Å². The minimum Gasteiger partial charge on any atom is -0.358 e. The van der Waals surface area contributed by atoms with Crippen molar-refractivity contribution in [1.29, 1.82) is 0 Å². The van der Waals surface area contributed by atoms with Gasteiger partial charge in [-0.2, -0.15) is 0 Å². The smallest absolute Gasteiger partial charge is 0.205 e. The Morgan fingerprint density at radius 3 is 2.43 bits per heavy atom. The third kappa shape index (κ3) is 5.20. The molecule has 1 aromatic heterocycles. The molecule has 1 fully saturated rings. The van der Waals surface area contributed by atoms with Crippen LogP contribution in [-0.4, -0.2) is 65.8 Å². The quantitative estimate of drug-likeness (QED) is 0.904. The van der Waals surface area contributed by atoms with Crippen LogP contribution < -0.4 is 5.32 Å². The van der Waals surface area contributed by atoms with Crippen LogP contribution in [0.15, 0.2) is 0 Å². The zero-order chi connectivity index (χ0) is 15.5. The lowest BCUT2D eigenvalue weighted by Gasteiger charge is -2.32. The van der Waals surface area contributed by atoms with Crippen LogP contribution >= 0.6 is 11.3 Å². The molecule has 1 N–H and O–H groups in total. The summed E-state index contributed by atoms with van der Waals surface area (Å²) in [7, 11) is 2.20. The lowest BCUT2D eigenvalue weighted by molar-refractivity contribution is 0.151. The molecule has 6 heteroatoms. The number of nitrogens with one attached hydrogen (secondary N) is 1. The Morgan fingerprint density at radius 2 is 1.86 bits per heavy atom. The van der Waals surface area contributed by atoms with Crippen LogP contribution in [0, 0.1) is 0 Å². The summed E-state index contributed by atoms with van der Waals surface area (Å²) in [6.07, 6.45) is 1.15. The molecule has 2 rings (SSSR count). The van der Waals surface area contributed by atoms with Crippen LogP contribution in [0.3, 0.4) is 0 Å². The molecule has 1 aliphatic heterocycles. The van der Waals surface area contributed by atoms with Crippen LogP contribution in [-0.2, 0) is 5.41 Å². The predicted molar refractivity (Wildman–Crippen MR) is 90.2 cm³/mol. The fourth-order valence-electron chi connectivity index (χ4n) is 2.32. The molecular formula is C15H29N5S. The monoisotopic (exact) mass is 311 g/mol. The van der Waals surface area contributed by atoms with Crippen molar-refractivity contribution in [3.8, 4) is 0 Å². The third-order valence-corrected chi connectivity index (χ3v) is 5.19. The van der Waals surface area contributed by atoms with Crippen molar-refractivity contribution in [2.45, 2.75) is 45.6 Å². The Balaban J connectivity index is 1.74. The van der Waals surface area contributed by atoms with Crippen molar-refractivity contribution < 1.29 is 0 Å². The zero-order valence-corrected chi connectivity index (χ0v) is 14.8. The van der Waals surface area contributed by atoms with E-state index in [1.165, 1.54) is 26.2 Å². The molecule has 2 heterocycles. The summed E-state index contributed by atoms with van der Waals surface area (Å²) in [5.41, 5.74) is 0.0840. The molecule has 0 spiro atoms. The standard InChI is InChI=1S/C15H29N5S/c1-12(6-7-20-10-8-19(5)9-11-20)16-14-18-17-13(21-14)15(2,3)4/h12H,6-11H2,1-5H3,(H,16,18). The minimum absolute atomic E-state index is 0.0840. The molecule has 1 atom stereocenters. The highest BCUT2D eigenvalue weighted by atomic mass is 32.1. The molecule has 21 heavy (non-hydrogen) atoms. The van der Waals surface area contributed by atoms with Crippen molar-refractivity contribution in [1.82, 2.24) is 20.0 Å². The van der Waals surface area contributed by atoms with Gasteiger partial charge < -0.3 is 15.1 Å². The van der Waals surface area contributed by atoms with Gasteiger partial charge in [0.1, 0.15) is 5.01 Å². The highest BCUT2D eigenvalue weighted by Crippen LogP contribution is 2.28. The molecule has 0 radical (unpaired) electrons. The van der Waals surface area contributed by atoms with Crippen molar-refractivity contribution in [2.24, 2.45) is 0 Å². The highest BCUT2D eigenvalue weighted by Gasteiger charge is 2.20. The number of aromatic nitrogens is 2. The fraction of sp³-hybridized carbons (Fsp3) is 0.867. The molecule has 0 amide bonds. The summed E-state index contributed by atoms with van der Waals surface area (Å²) >= 11 is 1.68. The number of piperazine rings is 1. The molecule has 0 saturated carbocycles. The number of hydrogen-bond acceptors (Lipinski definition) is 6. The van der Waals surface area contributed by atoms with E-state index in [4.69, 9.17) is 0 Å². The van der Waals surface area contributed by atoms with E-state index in [0.717, 1.165) is 23.1 Å². The molecule has 1 saturated heterocycles. The number of rotatable bonds is 5. The second kappa shape index (κ2) is 7.03. The van der Waals surface area contributed by atoms with Gasteiger partial charge in [-0.15, -0.1) is 10.2 Å². The van der Waals surface area contributed by atoms with Gasteiger partial charge in [0.25, 0.3) is 0 Å². The zero-order valence-electron chi connectivity index (χ0n) is 14.0. The van der Waals surface area contributed by atoms with Gasteiger partial charge in [-0.1, -0.05) is 32.1 Å². The maximum Gasteiger partial charge on any atom is 0.205 e. The van der Waals surface area contributed by atoms with Gasteiger partial charge in [0.15, 0.2) is 0 Å². The van der Waals surface area contributed by atoms with Gasteiger partial charge in [-0.05, 0) is 20.4 Å². The summed E-state index contributed by atoms with van der Waals surface area (Å²) in [6, 6.07) is 0.436. The normalized spacial score (nSPS) is 19.7. The average molecular weight is 311 g/mol. The van der Waals surface area contributed by atoms with E-state index >= 15 is 0 Å². The Kier molecular flexibility index (Phi) is 5.57. The molecular weight excluding hydrogens is 282 g/mol. The molecule has 5 nitrogen and oxygen atoms in total. The first-order valence-corrected chi connectivity index (χ1v) is 8.67. The highest BCUT2D eigenvalue weighted by molar-refractivity contribution is 7.15. The van der Waals surface area contributed by atoms with Crippen molar-refractivity contribution in [3.63, 3.8) is 0 Å². The third-order valence-electron chi connectivity index (χ3n) is 3.91. The maximum atomic E-state index is 4.29. The van der Waals surface area contributed by atoms with Crippen LogP contribution in [0.25, 0.3) is 0 Å². The first-order chi connectivity index (χ1) is 9.84. The summed E-state index contributed by atoms with van der Waals surface area (Å²) in [4.78, 5) is 4.95. The van der Waals surface area contributed by atoms with Crippen molar-refractivity contribution >= 4 is 16.5 Å². The van der Waals surface area contributed by atoms with E-state index in [1.54, 1.807) is 11.3 Å². The Morgan fingerprint density at radius 1 is 1.19 bits per heavy atom. The van der Waals surface area contributed by atoms with E-state index in [-0.39, 0.29) is 5.41 Å². The Bertz CT molecular complexity index is 432. The van der Waals surface area contributed by atoms with Crippen molar-refractivity contribution in [3.05, 3.63) is 5.01 Å². The van der Waals surface area contributed by atoms with E-state index in [9.17, 15) is 0 Å². The molecule has 120 valence electrons. The fourth-order valence-corrected chi connectivity index (χ4v) is 3.23. The molecule has 1 unspecified atom stereocenters. The van der Waals surface area contributed by atoms with Crippen LogP contribution in [0.5, 0.6) is 0 Å². The Labute approximate surface area is 132 Å². The van der Waals surface area contributed by atoms with Gasteiger partial charge in [-0.25, -0.2) is 0 Å². The van der Waals surface area contributed by atoms with E-state index in [0.29, 0.717) is 6.04 Å². The minimum atomic E-state index is 0.0840. The number of anilines is 1. The van der Waals surface area contributed by atoms with Crippen LogP contribution in [0.4, 0.5) is 5.13 Å². The van der Waals surface area contributed by atoms with Crippen LogP contribution in [0.2, 0.25) is 0 Å². The number of nitrogens with zero attached hydrogens (tertiary/aromatic N) is 4. The summed E-state index contributed by atoms with van der Waals surface area (Å²) in [5, 5.41) is 14.1. The maximum absolute atomic E-state index is 4.29. The molecule has 0 aliphatic carbocycles. The topological polar surface area (TPSA) is 44.3 Å². The molecule has 0 aromatic carbocycles. The SMILES string of the molecule is CC(CCN1CCN(C)CC1)Nc1nnc(C(C)(C)C)s1. The summed E-state index contributed by atoms with van der Waals surface area (Å²) in [6.45, 7) is 14.7. The Hall–Kier alpha value is -0.720. The average Bonchev–Trinajstić information content (AvgIpc) is 2.86. The number of likely N-dealkylation sites (N-methyl/N-ethyl adjacent to an activating group) is 1. The van der Waals surface area contributed by atoms with Gasteiger partial charge in [0.2, 0.25) is 5.13 Å². The number of hydrogen-bond donors (Lipinski definition) is 1. The lowest BCUT2D eigenvalue weighted by Crippen LogP contribution is -2.45. The molecule has 1 aromatic rings. The molecule has 1 aliphatic rings. The second-order valence-corrected chi connectivity index (χ2v) is 8.12. The first kappa shape index (κ1) is 16.6. The second-order valence-electron chi connectivity index (χ2n) is 7.14. The van der Waals surface area contributed by atoms with E-state index < -0.39 is 0 Å². The van der Waals surface area contributed by atoms with Gasteiger partial charge in [0.05, 0.1) is 0 Å². The van der Waals surface area contributed by atoms with Crippen LogP contribution in [0.1, 0.15) is 39.1 Å². The van der Waals surface area contributed by atoms with Gasteiger partial charge >= 0.3 is 0 Å². The van der Waals surface area contributed by atoms with E-state index in [1.807, 2.05) is 0 Å². The largest absolute Gasteiger partial charge is 0.358 e. The molecule has 0 bridgehead atoms. The van der Waals surface area contributed by atoms with Crippen molar-refractivity contribution in [2.75, 3.05) is 45.1 Å².